The predicted molar refractivity (Wildman–Crippen MR) is 72.6 cm³/mol. The molecule has 1 aliphatic carbocycles. The molecule has 1 aromatic rings. The lowest BCUT2D eigenvalue weighted by molar-refractivity contribution is -0.0179. The van der Waals surface area contributed by atoms with Crippen molar-refractivity contribution >= 4 is 5.97 Å². The van der Waals surface area contributed by atoms with E-state index in [1.807, 2.05) is 0 Å². The van der Waals surface area contributed by atoms with Gasteiger partial charge < -0.3 is 4.74 Å². The lowest BCUT2D eigenvalue weighted by Gasteiger charge is -2.36. The molecule has 1 saturated carbocycles. The van der Waals surface area contributed by atoms with Crippen LogP contribution in [-0.4, -0.2) is 22.0 Å². The minimum absolute atomic E-state index is 0.0123. The molecule has 4 heteroatoms. The average molecular weight is 262 g/mol. The minimum atomic E-state index is -0.349. The zero-order chi connectivity index (χ0) is 13.8. The van der Waals surface area contributed by atoms with Crippen molar-refractivity contribution in [2.24, 2.45) is 17.8 Å². The van der Waals surface area contributed by atoms with Gasteiger partial charge in [-0.05, 0) is 30.6 Å². The van der Waals surface area contributed by atoms with Crippen LogP contribution in [0.5, 0.6) is 0 Å². The lowest BCUT2D eigenvalue weighted by atomic mass is 9.75. The summed E-state index contributed by atoms with van der Waals surface area (Å²) in [6, 6.07) is 0. The van der Waals surface area contributed by atoms with Gasteiger partial charge in [-0.1, -0.05) is 27.2 Å². The van der Waals surface area contributed by atoms with Crippen molar-refractivity contribution in [2.75, 3.05) is 0 Å². The molecule has 3 atom stereocenters. The molecule has 0 aromatic carbocycles. The number of hydrogen-bond donors (Lipinski definition) is 0. The lowest BCUT2D eigenvalue weighted by Crippen LogP contribution is -2.36. The number of aromatic nitrogens is 2. The maximum Gasteiger partial charge on any atom is 0.358 e. The average Bonchev–Trinajstić information content (AvgIpc) is 2.39. The molecule has 0 unspecified atom stereocenters. The van der Waals surface area contributed by atoms with E-state index in [0.717, 1.165) is 12.8 Å². The number of carbonyl (C=O) groups excluding carboxylic acids is 1. The van der Waals surface area contributed by atoms with Gasteiger partial charge in [0.1, 0.15) is 6.10 Å². The van der Waals surface area contributed by atoms with Crippen LogP contribution in [0.4, 0.5) is 0 Å². The molecule has 0 saturated heterocycles. The molecule has 0 N–H and O–H groups in total. The molecular formula is C15H22N2O2. The Morgan fingerprint density at radius 2 is 2.16 bits per heavy atom. The third kappa shape index (κ3) is 3.52. The Hall–Kier alpha value is -1.45. The Morgan fingerprint density at radius 1 is 1.37 bits per heavy atom. The number of esters is 1. The Kier molecular flexibility index (Phi) is 4.51. The molecule has 0 spiro atoms. The first-order chi connectivity index (χ1) is 9.08. The SMILES string of the molecule is CC(C)[C@H]1CC[C@H](C)C[C@@H]1OC(=O)c1cnccn1. The van der Waals surface area contributed by atoms with Crippen molar-refractivity contribution in [1.82, 2.24) is 9.97 Å². The Bertz CT molecular complexity index is 419. The van der Waals surface area contributed by atoms with E-state index in [1.54, 1.807) is 6.20 Å². The van der Waals surface area contributed by atoms with E-state index < -0.39 is 0 Å². The van der Waals surface area contributed by atoms with E-state index in [0.29, 0.717) is 23.4 Å². The highest BCUT2D eigenvalue weighted by Gasteiger charge is 2.33. The summed E-state index contributed by atoms with van der Waals surface area (Å²) >= 11 is 0. The maximum absolute atomic E-state index is 12.1. The third-order valence-corrected chi connectivity index (χ3v) is 3.99. The van der Waals surface area contributed by atoms with E-state index in [1.165, 1.54) is 18.8 Å². The first-order valence-corrected chi connectivity index (χ1v) is 7.05. The van der Waals surface area contributed by atoms with Crippen molar-refractivity contribution < 1.29 is 9.53 Å². The van der Waals surface area contributed by atoms with Crippen molar-refractivity contribution in [2.45, 2.75) is 46.1 Å². The first-order valence-electron chi connectivity index (χ1n) is 7.05. The Balaban J connectivity index is 2.04. The number of ether oxygens (including phenoxy) is 1. The molecule has 1 fully saturated rings. The fourth-order valence-electron chi connectivity index (χ4n) is 2.85. The smallest absolute Gasteiger partial charge is 0.358 e. The zero-order valence-corrected chi connectivity index (χ0v) is 11.9. The van der Waals surface area contributed by atoms with Gasteiger partial charge >= 0.3 is 5.97 Å². The highest BCUT2D eigenvalue weighted by atomic mass is 16.5. The Morgan fingerprint density at radius 3 is 2.79 bits per heavy atom. The summed E-state index contributed by atoms with van der Waals surface area (Å²) in [5.41, 5.74) is 0.295. The van der Waals surface area contributed by atoms with E-state index in [-0.39, 0.29) is 12.1 Å². The van der Waals surface area contributed by atoms with Crippen molar-refractivity contribution in [3.05, 3.63) is 24.3 Å². The molecule has 2 rings (SSSR count). The van der Waals surface area contributed by atoms with Crippen LogP contribution in [0.3, 0.4) is 0 Å². The van der Waals surface area contributed by atoms with Gasteiger partial charge in [0.25, 0.3) is 0 Å². The second kappa shape index (κ2) is 6.13. The van der Waals surface area contributed by atoms with Gasteiger partial charge in [-0.2, -0.15) is 0 Å². The summed E-state index contributed by atoms with van der Waals surface area (Å²) in [7, 11) is 0. The molecule has 19 heavy (non-hydrogen) atoms. The quantitative estimate of drug-likeness (QED) is 0.785. The number of hydrogen-bond acceptors (Lipinski definition) is 4. The van der Waals surface area contributed by atoms with Gasteiger partial charge in [0.15, 0.2) is 5.69 Å². The largest absolute Gasteiger partial charge is 0.457 e. The highest BCUT2D eigenvalue weighted by Crippen LogP contribution is 2.35. The topological polar surface area (TPSA) is 52.1 Å². The fourth-order valence-corrected chi connectivity index (χ4v) is 2.85. The zero-order valence-electron chi connectivity index (χ0n) is 11.9. The maximum atomic E-state index is 12.1. The number of carbonyl (C=O) groups is 1. The van der Waals surface area contributed by atoms with Crippen LogP contribution < -0.4 is 0 Å². The molecule has 1 heterocycles. The summed E-state index contributed by atoms with van der Waals surface area (Å²) in [4.78, 5) is 20.0. The molecule has 0 bridgehead atoms. The molecule has 1 aromatic heterocycles. The predicted octanol–water partition coefficient (Wildman–Crippen LogP) is 3.09. The van der Waals surface area contributed by atoms with Crippen LogP contribution in [0, 0.1) is 17.8 Å². The van der Waals surface area contributed by atoms with Crippen molar-refractivity contribution in [3.8, 4) is 0 Å². The van der Waals surface area contributed by atoms with Gasteiger partial charge in [0, 0.05) is 12.4 Å². The van der Waals surface area contributed by atoms with Crippen molar-refractivity contribution in [1.29, 1.82) is 0 Å². The van der Waals surface area contributed by atoms with Crippen LogP contribution in [0.1, 0.15) is 50.5 Å². The van der Waals surface area contributed by atoms with Crippen LogP contribution in [0.15, 0.2) is 18.6 Å². The number of nitrogens with zero attached hydrogens (tertiary/aromatic N) is 2. The minimum Gasteiger partial charge on any atom is -0.457 e. The summed E-state index contributed by atoms with van der Waals surface area (Å²) < 4.78 is 5.68. The van der Waals surface area contributed by atoms with Gasteiger partial charge in [0.2, 0.25) is 0 Å². The van der Waals surface area contributed by atoms with Crippen molar-refractivity contribution in [3.63, 3.8) is 0 Å². The van der Waals surface area contributed by atoms with Crippen LogP contribution >= 0.6 is 0 Å². The van der Waals surface area contributed by atoms with E-state index >= 15 is 0 Å². The highest BCUT2D eigenvalue weighted by molar-refractivity contribution is 5.86. The standard InChI is InChI=1S/C15H22N2O2/c1-10(2)12-5-4-11(3)8-14(12)19-15(18)13-9-16-6-7-17-13/h6-7,9-12,14H,4-5,8H2,1-3H3/t11-,12+,14-/m0/s1. The van der Waals surface area contributed by atoms with Gasteiger partial charge in [-0.3, -0.25) is 4.98 Å². The summed E-state index contributed by atoms with van der Waals surface area (Å²) in [6.07, 6.45) is 7.85. The monoisotopic (exact) mass is 262 g/mol. The molecule has 0 radical (unpaired) electrons. The van der Waals surface area contributed by atoms with E-state index in [9.17, 15) is 4.79 Å². The van der Waals surface area contributed by atoms with E-state index in [4.69, 9.17) is 4.74 Å². The van der Waals surface area contributed by atoms with Gasteiger partial charge in [-0.15, -0.1) is 0 Å². The summed E-state index contributed by atoms with van der Waals surface area (Å²) in [6.45, 7) is 6.62. The Labute approximate surface area is 114 Å². The fraction of sp³-hybridized carbons (Fsp3) is 0.667. The summed E-state index contributed by atoms with van der Waals surface area (Å²) in [5, 5.41) is 0. The molecule has 0 amide bonds. The second-order valence-corrected chi connectivity index (χ2v) is 5.86. The van der Waals surface area contributed by atoms with Crippen LogP contribution in [0.2, 0.25) is 0 Å². The molecule has 4 nitrogen and oxygen atoms in total. The van der Waals surface area contributed by atoms with Gasteiger partial charge in [0.05, 0.1) is 6.20 Å². The second-order valence-electron chi connectivity index (χ2n) is 5.86. The molecule has 1 aliphatic rings. The number of rotatable bonds is 3. The molecule has 104 valence electrons. The van der Waals surface area contributed by atoms with E-state index in [2.05, 4.69) is 30.7 Å². The molecule has 0 aliphatic heterocycles. The third-order valence-electron chi connectivity index (χ3n) is 3.99. The van der Waals surface area contributed by atoms with Gasteiger partial charge in [-0.25, -0.2) is 9.78 Å². The molecular weight excluding hydrogens is 240 g/mol. The summed E-state index contributed by atoms with van der Waals surface area (Å²) in [5.74, 6) is 1.26. The van der Waals surface area contributed by atoms with Crippen LogP contribution in [-0.2, 0) is 4.74 Å². The normalized spacial score (nSPS) is 27.3. The van der Waals surface area contributed by atoms with Crippen LogP contribution in [0.25, 0.3) is 0 Å². The first kappa shape index (κ1) is 14.0.